The van der Waals surface area contributed by atoms with E-state index in [1.165, 1.54) is 32.3 Å². The fraction of sp³-hybridized carbons (Fsp3) is 0.290. The van der Waals surface area contributed by atoms with Gasteiger partial charge in [0.15, 0.2) is 39.5 Å². The number of hydrogen-bond acceptors (Lipinski definition) is 11. The van der Waals surface area contributed by atoms with Gasteiger partial charge in [-0.15, -0.1) is 0 Å². The molecule has 1 N–H and O–H groups in total. The lowest BCUT2D eigenvalue weighted by atomic mass is 9.95. The first-order valence-corrected chi connectivity index (χ1v) is 14.3. The Morgan fingerprint density at radius 2 is 1.84 bits per heavy atom. The minimum atomic E-state index is -1.15. The number of methoxy groups -OCH3 is 3. The van der Waals surface area contributed by atoms with Gasteiger partial charge in [-0.25, -0.2) is 9.78 Å². The van der Waals surface area contributed by atoms with Crippen molar-refractivity contribution >= 4 is 45.1 Å². The van der Waals surface area contributed by atoms with E-state index >= 15 is 0 Å². The Morgan fingerprint density at radius 3 is 2.53 bits per heavy atom. The molecule has 0 radical (unpaired) electrons. The van der Waals surface area contributed by atoms with Crippen molar-refractivity contribution in [1.29, 1.82) is 0 Å². The number of fused-ring (bicyclic) bond motifs is 1. The number of carbonyl (C=O) groups is 3. The largest absolute Gasteiger partial charge is 0.503 e. The normalized spacial score (nSPS) is 14.9. The number of aryl methyl sites for hydroxylation is 1. The summed E-state index contributed by atoms with van der Waals surface area (Å²) in [6, 6.07) is 10.6. The highest BCUT2D eigenvalue weighted by Gasteiger charge is 2.47. The zero-order chi connectivity index (χ0) is 30.8. The maximum atomic E-state index is 14.1. The van der Waals surface area contributed by atoms with Gasteiger partial charge in [-0.05, 0) is 43.2 Å². The second-order valence-corrected chi connectivity index (χ2v) is 10.7. The van der Waals surface area contributed by atoms with E-state index in [4.69, 9.17) is 23.4 Å². The third-order valence-electron chi connectivity index (χ3n) is 7.03. The van der Waals surface area contributed by atoms with Crippen molar-refractivity contribution in [2.75, 3.05) is 32.8 Å². The summed E-state index contributed by atoms with van der Waals surface area (Å²) in [5.41, 5.74) is 0.887. The molecular formula is C31H30N2O9S. The number of furan rings is 1. The molecule has 5 rings (SSSR count). The summed E-state index contributed by atoms with van der Waals surface area (Å²) >= 11 is 0.913. The first-order valence-electron chi connectivity index (χ1n) is 13.5. The number of anilines is 1. The van der Waals surface area contributed by atoms with Crippen LogP contribution in [-0.4, -0.2) is 55.7 Å². The Hall–Kier alpha value is -4.84. The summed E-state index contributed by atoms with van der Waals surface area (Å²) in [5.74, 6) is -1.78. The van der Waals surface area contributed by atoms with Gasteiger partial charge in [0.1, 0.15) is 4.88 Å². The fourth-order valence-corrected chi connectivity index (χ4v) is 5.87. The highest BCUT2D eigenvalue weighted by Crippen LogP contribution is 2.46. The predicted molar refractivity (Wildman–Crippen MR) is 159 cm³/mol. The lowest BCUT2D eigenvalue weighted by molar-refractivity contribution is -0.117. The second-order valence-electron chi connectivity index (χ2n) is 9.67. The SMILES string of the molecule is CCCCOc1ccc(C2C(C(=O)c3cc4cccc(OC)c4o3)=C(O)C(=O)N2c2nc(C)c(C(=O)OC)s2)cc1OC. The molecule has 1 amide bonds. The number of benzene rings is 2. The molecule has 0 spiro atoms. The van der Waals surface area contributed by atoms with Crippen LogP contribution >= 0.6 is 11.3 Å². The minimum absolute atomic E-state index is 0.0933. The van der Waals surface area contributed by atoms with Crippen LogP contribution < -0.4 is 19.1 Å². The van der Waals surface area contributed by atoms with E-state index in [1.807, 2.05) is 0 Å². The van der Waals surface area contributed by atoms with Crippen LogP contribution in [0.5, 0.6) is 17.2 Å². The van der Waals surface area contributed by atoms with Gasteiger partial charge in [0.2, 0.25) is 5.78 Å². The predicted octanol–water partition coefficient (Wildman–Crippen LogP) is 5.96. The summed E-state index contributed by atoms with van der Waals surface area (Å²) in [5, 5.41) is 11.9. The van der Waals surface area contributed by atoms with Gasteiger partial charge in [-0.2, -0.15) is 0 Å². The van der Waals surface area contributed by atoms with Crippen molar-refractivity contribution in [3.8, 4) is 17.2 Å². The van der Waals surface area contributed by atoms with Crippen LogP contribution in [0.1, 0.15) is 57.3 Å². The Kier molecular flexibility index (Phi) is 8.40. The number of aromatic nitrogens is 1. The Morgan fingerprint density at radius 1 is 1.07 bits per heavy atom. The highest BCUT2D eigenvalue weighted by atomic mass is 32.1. The number of thiazole rings is 1. The molecular weight excluding hydrogens is 576 g/mol. The van der Waals surface area contributed by atoms with Crippen LogP contribution in [0.25, 0.3) is 11.0 Å². The summed E-state index contributed by atoms with van der Waals surface area (Å²) in [6.45, 7) is 4.14. The van der Waals surface area contributed by atoms with E-state index in [1.54, 1.807) is 43.3 Å². The molecule has 1 aliphatic rings. The Bertz CT molecular complexity index is 1750. The van der Waals surface area contributed by atoms with Gasteiger partial charge in [-0.3, -0.25) is 14.5 Å². The van der Waals surface area contributed by atoms with Crippen LogP contribution in [-0.2, 0) is 9.53 Å². The van der Waals surface area contributed by atoms with E-state index in [2.05, 4.69) is 11.9 Å². The maximum Gasteiger partial charge on any atom is 0.350 e. The Labute approximate surface area is 251 Å². The smallest absolute Gasteiger partial charge is 0.350 e. The summed E-state index contributed by atoms with van der Waals surface area (Å²) < 4.78 is 27.6. The van der Waals surface area contributed by atoms with Gasteiger partial charge in [-0.1, -0.05) is 42.9 Å². The van der Waals surface area contributed by atoms with Crippen molar-refractivity contribution in [2.45, 2.75) is 32.7 Å². The van der Waals surface area contributed by atoms with Crippen LogP contribution in [0, 0.1) is 6.92 Å². The molecule has 1 aliphatic heterocycles. The molecule has 0 saturated carbocycles. The van der Waals surface area contributed by atoms with E-state index in [9.17, 15) is 19.5 Å². The number of aliphatic hydroxyl groups is 1. The minimum Gasteiger partial charge on any atom is -0.503 e. The molecule has 2 aromatic carbocycles. The van der Waals surface area contributed by atoms with Crippen molar-refractivity contribution < 1.29 is 42.9 Å². The third kappa shape index (κ3) is 5.29. The van der Waals surface area contributed by atoms with Crippen LogP contribution in [0.15, 0.2) is 58.2 Å². The number of amides is 1. The number of unbranched alkanes of at least 4 members (excludes halogenated alkanes) is 1. The number of nitrogens with zero attached hydrogens (tertiary/aromatic N) is 2. The number of esters is 1. The molecule has 0 bridgehead atoms. The number of hydrogen-bond donors (Lipinski definition) is 1. The van der Waals surface area contributed by atoms with Crippen molar-refractivity contribution in [2.24, 2.45) is 0 Å². The molecule has 43 heavy (non-hydrogen) atoms. The molecule has 11 nitrogen and oxygen atoms in total. The Balaban J connectivity index is 1.65. The lowest BCUT2D eigenvalue weighted by Gasteiger charge is -2.25. The topological polar surface area (TPSA) is 138 Å². The van der Waals surface area contributed by atoms with Crippen LogP contribution in [0.4, 0.5) is 5.13 Å². The molecule has 1 unspecified atom stereocenters. The zero-order valence-corrected chi connectivity index (χ0v) is 25.1. The highest BCUT2D eigenvalue weighted by molar-refractivity contribution is 7.17. The number of carbonyl (C=O) groups excluding carboxylic acids is 3. The average molecular weight is 607 g/mol. The number of ether oxygens (including phenoxy) is 4. The molecule has 0 saturated heterocycles. The van der Waals surface area contributed by atoms with Gasteiger partial charge in [0, 0.05) is 5.39 Å². The van der Waals surface area contributed by atoms with Gasteiger partial charge < -0.3 is 28.5 Å². The van der Waals surface area contributed by atoms with Crippen molar-refractivity contribution in [3.63, 3.8) is 0 Å². The fourth-order valence-electron chi connectivity index (χ4n) is 4.86. The van der Waals surface area contributed by atoms with Crippen LogP contribution in [0.2, 0.25) is 0 Å². The number of para-hydroxylation sites is 1. The number of rotatable bonds is 11. The van der Waals surface area contributed by atoms with Gasteiger partial charge in [0.25, 0.3) is 5.91 Å². The van der Waals surface area contributed by atoms with Gasteiger partial charge in [0.05, 0.1) is 45.2 Å². The zero-order valence-electron chi connectivity index (χ0n) is 24.3. The van der Waals surface area contributed by atoms with E-state index in [-0.39, 0.29) is 21.3 Å². The first-order chi connectivity index (χ1) is 20.7. The maximum absolute atomic E-state index is 14.1. The summed E-state index contributed by atoms with van der Waals surface area (Å²) in [6.07, 6.45) is 1.79. The number of aliphatic hydroxyl groups excluding tert-OH is 1. The molecule has 224 valence electrons. The van der Waals surface area contributed by atoms with Crippen molar-refractivity contribution in [3.05, 3.63) is 75.7 Å². The van der Waals surface area contributed by atoms with Crippen LogP contribution in [0.3, 0.4) is 0 Å². The lowest BCUT2D eigenvalue weighted by Crippen LogP contribution is -2.31. The van der Waals surface area contributed by atoms with E-state index < -0.39 is 29.5 Å². The number of Topliss-reactive ketones (excluding diaryl/α,β-unsaturated/α-hetero) is 1. The molecule has 3 heterocycles. The van der Waals surface area contributed by atoms with E-state index in [0.717, 1.165) is 24.2 Å². The van der Waals surface area contributed by atoms with E-state index in [0.29, 0.717) is 46.1 Å². The van der Waals surface area contributed by atoms with Crippen molar-refractivity contribution in [1.82, 2.24) is 4.98 Å². The molecule has 0 aliphatic carbocycles. The molecule has 1 atom stereocenters. The third-order valence-corrected chi connectivity index (χ3v) is 8.16. The molecule has 4 aromatic rings. The monoisotopic (exact) mass is 606 g/mol. The molecule has 12 heteroatoms. The first kappa shape index (κ1) is 29.6. The second kappa shape index (κ2) is 12.2. The summed E-state index contributed by atoms with van der Waals surface area (Å²) in [4.78, 5) is 45.9. The standard InChI is InChI=1S/C31H30N2O9S/c1-6-7-13-41-19-12-11-17(14-21(19)39-4)24-23(25(34)22-15-18-9-8-10-20(38-3)27(18)42-22)26(35)29(36)33(24)31-32-16(2)28(43-31)30(37)40-5/h8-12,14-15,24,35H,6-7,13H2,1-5H3. The molecule has 0 fully saturated rings. The van der Waals surface area contributed by atoms with Gasteiger partial charge >= 0.3 is 5.97 Å². The average Bonchev–Trinajstić information content (AvgIpc) is 3.70. The summed E-state index contributed by atoms with van der Waals surface area (Å²) in [7, 11) is 4.21. The quantitative estimate of drug-likeness (QED) is 0.124. The molecule has 2 aromatic heterocycles. The number of ketones is 1.